The third-order valence-electron chi connectivity index (χ3n) is 2.61. The van der Waals surface area contributed by atoms with E-state index in [9.17, 15) is 4.79 Å². The summed E-state index contributed by atoms with van der Waals surface area (Å²) in [4.78, 5) is 15.1. The molecule has 0 fully saturated rings. The van der Waals surface area contributed by atoms with Crippen molar-refractivity contribution in [1.82, 2.24) is 4.98 Å². The Kier molecular flexibility index (Phi) is 4.39. The Balaban J connectivity index is 2.22. The Morgan fingerprint density at radius 1 is 1.37 bits per heavy atom. The number of anilines is 2. The summed E-state index contributed by atoms with van der Waals surface area (Å²) in [5, 5.41) is 2.69. The summed E-state index contributed by atoms with van der Waals surface area (Å²) in [5.74, 6) is 0. The van der Waals surface area contributed by atoms with Gasteiger partial charge in [0.25, 0.3) is 5.24 Å². The molecule has 4 nitrogen and oxygen atoms in total. The van der Waals surface area contributed by atoms with Crippen LogP contribution in [0.1, 0.15) is 15.9 Å². The standard InChI is InChI=1S/C13H11BrClN3O/c14-11-6-8(13(15)19)5-9(12(11)16)7-18-10-1-3-17-4-2-10/h1-6H,7,16H2,(H,17,18). The Hall–Kier alpha value is -1.59. The van der Waals surface area contributed by atoms with E-state index in [1.165, 1.54) is 0 Å². The van der Waals surface area contributed by atoms with Crippen LogP contribution in [0, 0.1) is 0 Å². The molecule has 0 saturated carbocycles. The Morgan fingerprint density at radius 2 is 2.05 bits per heavy atom. The summed E-state index contributed by atoms with van der Waals surface area (Å²) in [6.07, 6.45) is 3.39. The largest absolute Gasteiger partial charge is 0.398 e. The summed E-state index contributed by atoms with van der Waals surface area (Å²) in [7, 11) is 0. The molecule has 0 aliphatic rings. The average molecular weight is 341 g/mol. The molecule has 0 aliphatic heterocycles. The van der Waals surface area contributed by atoms with Crippen LogP contribution in [0.5, 0.6) is 0 Å². The van der Waals surface area contributed by atoms with Crippen LogP contribution in [-0.2, 0) is 6.54 Å². The molecule has 0 saturated heterocycles. The molecule has 0 atom stereocenters. The molecule has 6 heteroatoms. The minimum Gasteiger partial charge on any atom is -0.398 e. The van der Waals surface area contributed by atoms with E-state index in [0.717, 1.165) is 11.3 Å². The predicted octanol–water partition coefficient (Wildman–Crippen LogP) is 3.42. The molecule has 2 rings (SSSR count). The number of carbonyl (C=O) groups excluding carboxylic acids is 1. The minimum absolute atomic E-state index is 0.411. The van der Waals surface area contributed by atoms with Crippen LogP contribution in [0.25, 0.3) is 0 Å². The van der Waals surface area contributed by atoms with Gasteiger partial charge >= 0.3 is 0 Å². The van der Waals surface area contributed by atoms with Gasteiger partial charge in [-0.1, -0.05) is 0 Å². The summed E-state index contributed by atoms with van der Waals surface area (Å²) < 4.78 is 0.658. The van der Waals surface area contributed by atoms with E-state index in [0.29, 0.717) is 22.3 Å². The van der Waals surface area contributed by atoms with E-state index in [1.54, 1.807) is 24.5 Å². The van der Waals surface area contributed by atoms with Crippen molar-refractivity contribution >= 4 is 44.1 Å². The number of nitrogens with one attached hydrogen (secondary N) is 1. The molecule has 0 amide bonds. The number of rotatable bonds is 4. The lowest BCUT2D eigenvalue weighted by atomic mass is 10.1. The van der Waals surface area contributed by atoms with Gasteiger partial charge in [0.1, 0.15) is 0 Å². The van der Waals surface area contributed by atoms with E-state index in [1.807, 2.05) is 12.1 Å². The fraction of sp³-hybridized carbons (Fsp3) is 0.0769. The molecule has 19 heavy (non-hydrogen) atoms. The Bertz CT molecular complexity index is 604. The van der Waals surface area contributed by atoms with Gasteiger partial charge in [0.05, 0.1) is 5.69 Å². The molecule has 2 aromatic rings. The van der Waals surface area contributed by atoms with Crippen molar-refractivity contribution in [2.24, 2.45) is 0 Å². The molecule has 0 unspecified atom stereocenters. The molecule has 98 valence electrons. The van der Waals surface area contributed by atoms with Gasteiger partial charge in [0.15, 0.2) is 0 Å². The fourth-order valence-electron chi connectivity index (χ4n) is 1.60. The first kappa shape index (κ1) is 13.8. The van der Waals surface area contributed by atoms with Gasteiger partial charge in [0.2, 0.25) is 0 Å². The zero-order chi connectivity index (χ0) is 13.8. The number of benzene rings is 1. The SMILES string of the molecule is Nc1c(Br)cc(C(=O)Cl)cc1CNc1ccncc1. The molecule has 1 aromatic carbocycles. The van der Waals surface area contributed by atoms with Crippen molar-refractivity contribution in [2.45, 2.75) is 6.54 Å². The van der Waals surface area contributed by atoms with E-state index in [4.69, 9.17) is 17.3 Å². The lowest BCUT2D eigenvalue weighted by Crippen LogP contribution is -2.05. The van der Waals surface area contributed by atoms with Gasteiger partial charge in [0, 0.05) is 34.7 Å². The van der Waals surface area contributed by atoms with Crippen molar-refractivity contribution in [3.8, 4) is 0 Å². The number of carbonyl (C=O) groups is 1. The Morgan fingerprint density at radius 3 is 2.68 bits per heavy atom. The third kappa shape index (κ3) is 3.45. The van der Waals surface area contributed by atoms with Crippen LogP contribution in [-0.4, -0.2) is 10.2 Å². The fourth-order valence-corrected chi connectivity index (χ4v) is 2.21. The molecule has 0 spiro atoms. The maximum atomic E-state index is 11.2. The normalized spacial score (nSPS) is 10.2. The molecule has 1 aromatic heterocycles. The summed E-state index contributed by atoms with van der Waals surface area (Å²) in [6.45, 7) is 0.493. The van der Waals surface area contributed by atoms with Crippen molar-refractivity contribution < 1.29 is 4.79 Å². The van der Waals surface area contributed by atoms with E-state index < -0.39 is 5.24 Å². The lowest BCUT2D eigenvalue weighted by molar-refractivity contribution is 0.108. The molecule has 1 heterocycles. The van der Waals surface area contributed by atoms with Crippen molar-refractivity contribution in [2.75, 3.05) is 11.1 Å². The van der Waals surface area contributed by atoms with Crippen molar-refractivity contribution in [3.05, 3.63) is 52.3 Å². The van der Waals surface area contributed by atoms with E-state index in [2.05, 4.69) is 26.2 Å². The van der Waals surface area contributed by atoms with E-state index >= 15 is 0 Å². The molecular weight excluding hydrogens is 330 g/mol. The number of hydrogen-bond acceptors (Lipinski definition) is 4. The first-order valence-corrected chi connectivity index (χ1v) is 6.66. The van der Waals surface area contributed by atoms with Gasteiger partial charge in [-0.25, -0.2) is 0 Å². The molecule has 3 N–H and O–H groups in total. The maximum Gasteiger partial charge on any atom is 0.252 e. The number of hydrogen-bond donors (Lipinski definition) is 2. The van der Waals surface area contributed by atoms with Crippen LogP contribution >= 0.6 is 27.5 Å². The first-order chi connectivity index (χ1) is 9.08. The second-order valence-corrected chi connectivity index (χ2v) is 5.09. The van der Waals surface area contributed by atoms with Gasteiger partial charge in [-0.05, 0) is 57.4 Å². The van der Waals surface area contributed by atoms with Crippen LogP contribution in [0.4, 0.5) is 11.4 Å². The number of nitrogen functional groups attached to an aromatic ring is 1. The average Bonchev–Trinajstić information content (AvgIpc) is 2.41. The first-order valence-electron chi connectivity index (χ1n) is 5.49. The molecular formula is C13H11BrClN3O. The second kappa shape index (κ2) is 6.04. The monoisotopic (exact) mass is 339 g/mol. The molecule has 0 radical (unpaired) electrons. The van der Waals surface area contributed by atoms with Crippen molar-refractivity contribution in [3.63, 3.8) is 0 Å². The topological polar surface area (TPSA) is 68.0 Å². The van der Waals surface area contributed by atoms with Crippen molar-refractivity contribution in [1.29, 1.82) is 0 Å². The molecule has 0 bridgehead atoms. The lowest BCUT2D eigenvalue weighted by Gasteiger charge is -2.11. The number of aromatic nitrogens is 1. The smallest absolute Gasteiger partial charge is 0.252 e. The zero-order valence-corrected chi connectivity index (χ0v) is 12.2. The number of nitrogens with zero attached hydrogens (tertiary/aromatic N) is 1. The number of halogens is 2. The van der Waals surface area contributed by atoms with Crippen LogP contribution in [0.15, 0.2) is 41.1 Å². The highest BCUT2D eigenvalue weighted by atomic mass is 79.9. The maximum absolute atomic E-state index is 11.2. The highest BCUT2D eigenvalue weighted by molar-refractivity contribution is 9.10. The highest BCUT2D eigenvalue weighted by Crippen LogP contribution is 2.27. The number of pyridine rings is 1. The second-order valence-electron chi connectivity index (χ2n) is 3.89. The summed E-state index contributed by atoms with van der Waals surface area (Å²) in [6, 6.07) is 6.99. The van der Waals surface area contributed by atoms with Gasteiger partial charge in [-0.2, -0.15) is 0 Å². The Labute approximate surface area is 124 Å². The van der Waals surface area contributed by atoms with Crippen LogP contribution in [0.2, 0.25) is 0 Å². The van der Waals surface area contributed by atoms with E-state index in [-0.39, 0.29) is 0 Å². The highest BCUT2D eigenvalue weighted by Gasteiger charge is 2.10. The third-order valence-corrected chi connectivity index (χ3v) is 3.48. The van der Waals surface area contributed by atoms with Gasteiger partial charge in [-0.15, -0.1) is 0 Å². The summed E-state index contributed by atoms with van der Waals surface area (Å²) >= 11 is 8.81. The molecule has 0 aliphatic carbocycles. The number of nitrogens with two attached hydrogens (primary N) is 1. The van der Waals surface area contributed by atoms with Gasteiger partial charge < -0.3 is 11.1 Å². The van der Waals surface area contributed by atoms with Crippen LogP contribution < -0.4 is 11.1 Å². The summed E-state index contributed by atoms with van der Waals surface area (Å²) in [5.41, 5.74) is 8.69. The predicted molar refractivity (Wildman–Crippen MR) is 80.3 cm³/mol. The van der Waals surface area contributed by atoms with Crippen LogP contribution in [0.3, 0.4) is 0 Å². The quantitative estimate of drug-likeness (QED) is 0.661. The minimum atomic E-state index is -0.508. The zero-order valence-electron chi connectivity index (χ0n) is 9.86. The van der Waals surface area contributed by atoms with Gasteiger partial charge in [-0.3, -0.25) is 9.78 Å².